The zero-order valence-corrected chi connectivity index (χ0v) is 16.6. The molecule has 1 N–H and O–H groups in total. The number of ether oxygens (including phenoxy) is 1. The zero-order chi connectivity index (χ0) is 21.1. The molecule has 0 unspecified atom stereocenters. The first kappa shape index (κ1) is 19.2. The van der Waals surface area contributed by atoms with E-state index in [4.69, 9.17) is 10.00 Å². The Morgan fingerprint density at radius 3 is 2.73 bits per heavy atom. The van der Waals surface area contributed by atoms with Crippen LogP contribution in [0.3, 0.4) is 0 Å². The second-order valence-electron chi connectivity index (χ2n) is 6.84. The molecular formula is C23H19N5O2. The molecule has 0 fully saturated rings. The minimum Gasteiger partial charge on any atom is -0.489 e. The van der Waals surface area contributed by atoms with Gasteiger partial charge in [0, 0.05) is 23.6 Å². The van der Waals surface area contributed by atoms with Crippen molar-refractivity contribution in [3.8, 4) is 11.8 Å². The van der Waals surface area contributed by atoms with Gasteiger partial charge in [-0.05, 0) is 43.3 Å². The predicted octanol–water partition coefficient (Wildman–Crippen LogP) is 3.98. The van der Waals surface area contributed by atoms with Crippen molar-refractivity contribution in [2.24, 2.45) is 7.05 Å². The van der Waals surface area contributed by atoms with Gasteiger partial charge in [0.15, 0.2) is 5.65 Å². The Labute approximate surface area is 173 Å². The summed E-state index contributed by atoms with van der Waals surface area (Å²) in [5.74, 6) is 0.382. The highest BCUT2D eigenvalue weighted by atomic mass is 16.5. The van der Waals surface area contributed by atoms with E-state index in [9.17, 15) is 4.79 Å². The SMILES string of the molecule is Cc1nn(C)c2ncc(NC(=O)c3ccc(OCc4ccccc4C#N)cc3)cc12. The summed E-state index contributed by atoms with van der Waals surface area (Å²) in [5, 5.41) is 17.3. The molecule has 0 spiro atoms. The molecule has 0 bridgehead atoms. The number of amides is 1. The van der Waals surface area contributed by atoms with Gasteiger partial charge in [-0.25, -0.2) is 4.98 Å². The summed E-state index contributed by atoms with van der Waals surface area (Å²) in [6, 6.07) is 18.2. The van der Waals surface area contributed by atoms with Gasteiger partial charge in [-0.15, -0.1) is 0 Å². The Kier molecular flexibility index (Phi) is 5.14. The van der Waals surface area contributed by atoms with Gasteiger partial charge in [0.05, 0.1) is 29.2 Å². The number of pyridine rings is 1. The van der Waals surface area contributed by atoms with Crippen molar-refractivity contribution in [3.05, 3.63) is 83.2 Å². The Balaban J connectivity index is 1.43. The first-order valence-corrected chi connectivity index (χ1v) is 9.37. The van der Waals surface area contributed by atoms with Crippen LogP contribution in [-0.2, 0) is 13.7 Å². The smallest absolute Gasteiger partial charge is 0.255 e. The molecule has 0 saturated heterocycles. The van der Waals surface area contributed by atoms with Gasteiger partial charge in [0.1, 0.15) is 12.4 Å². The molecule has 2 aromatic carbocycles. The van der Waals surface area contributed by atoms with Crippen LogP contribution in [0.1, 0.15) is 27.2 Å². The fraction of sp³-hybridized carbons (Fsp3) is 0.130. The summed E-state index contributed by atoms with van der Waals surface area (Å²) in [6.07, 6.45) is 1.62. The Morgan fingerprint density at radius 2 is 1.97 bits per heavy atom. The number of carbonyl (C=O) groups is 1. The molecule has 7 nitrogen and oxygen atoms in total. The van der Waals surface area contributed by atoms with E-state index in [2.05, 4.69) is 21.5 Å². The highest BCUT2D eigenvalue weighted by Gasteiger charge is 2.11. The van der Waals surface area contributed by atoms with E-state index in [0.717, 1.165) is 22.3 Å². The van der Waals surface area contributed by atoms with Gasteiger partial charge in [0.2, 0.25) is 0 Å². The molecule has 2 aromatic heterocycles. The number of rotatable bonds is 5. The largest absolute Gasteiger partial charge is 0.489 e. The Bertz CT molecular complexity index is 1270. The molecule has 4 aromatic rings. The number of aromatic nitrogens is 3. The fourth-order valence-electron chi connectivity index (χ4n) is 3.20. The number of carbonyl (C=O) groups excluding carboxylic acids is 1. The number of aryl methyl sites for hydroxylation is 2. The number of benzene rings is 2. The van der Waals surface area contributed by atoms with Crippen molar-refractivity contribution in [1.29, 1.82) is 5.26 Å². The number of anilines is 1. The van der Waals surface area contributed by atoms with E-state index >= 15 is 0 Å². The van der Waals surface area contributed by atoms with Gasteiger partial charge >= 0.3 is 0 Å². The van der Waals surface area contributed by atoms with Gasteiger partial charge in [0.25, 0.3) is 5.91 Å². The topological polar surface area (TPSA) is 92.8 Å². The summed E-state index contributed by atoms with van der Waals surface area (Å²) < 4.78 is 7.46. The number of fused-ring (bicyclic) bond motifs is 1. The second kappa shape index (κ2) is 8.05. The molecule has 4 rings (SSSR count). The molecule has 0 saturated carbocycles. The van der Waals surface area contributed by atoms with Crippen LogP contribution in [0, 0.1) is 18.3 Å². The third kappa shape index (κ3) is 3.84. The molecule has 0 aliphatic rings. The molecule has 2 heterocycles. The summed E-state index contributed by atoms with van der Waals surface area (Å²) in [5.41, 5.74) is 4.14. The quantitative estimate of drug-likeness (QED) is 0.550. The van der Waals surface area contributed by atoms with Crippen LogP contribution in [0.25, 0.3) is 11.0 Å². The van der Waals surface area contributed by atoms with Crippen LogP contribution in [0.5, 0.6) is 5.75 Å². The molecular weight excluding hydrogens is 378 g/mol. The molecule has 30 heavy (non-hydrogen) atoms. The summed E-state index contributed by atoms with van der Waals surface area (Å²) in [4.78, 5) is 17.0. The monoisotopic (exact) mass is 397 g/mol. The Hall–Kier alpha value is -4.18. The van der Waals surface area contributed by atoms with Gasteiger partial charge < -0.3 is 10.1 Å². The number of nitriles is 1. The van der Waals surface area contributed by atoms with Crippen molar-refractivity contribution in [2.45, 2.75) is 13.5 Å². The van der Waals surface area contributed by atoms with Crippen molar-refractivity contribution in [2.75, 3.05) is 5.32 Å². The normalized spacial score (nSPS) is 10.6. The first-order valence-electron chi connectivity index (χ1n) is 9.37. The molecule has 0 aliphatic carbocycles. The highest BCUT2D eigenvalue weighted by Crippen LogP contribution is 2.21. The zero-order valence-electron chi connectivity index (χ0n) is 16.6. The number of hydrogen-bond acceptors (Lipinski definition) is 5. The van der Waals surface area contributed by atoms with E-state index in [1.54, 1.807) is 41.2 Å². The first-order chi connectivity index (χ1) is 14.5. The van der Waals surface area contributed by atoms with Crippen LogP contribution < -0.4 is 10.1 Å². The lowest BCUT2D eigenvalue weighted by Gasteiger charge is -2.09. The molecule has 1 amide bonds. The molecule has 7 heteroatoms. The van der Waals surface area contributed by atoms with E-state index in [1.165, 1.54) is 0 Å². The average molecular weight is 397 g/mol. The van der Waals surface area contributed by atoms with Crippen LogP contribution in [0.15, 0.2) is 60.8 Å². The van der Waals surface area contributed by atoms with Gasteiger partial charge in [-0.1, -0.05) is 18.2 Å². The lowest BCUT2D eigenvalue weighted by Crippen LogP contribution is -2.12. The van der Waals surface area contributed by atoms with Crippen LogP contribution in [0.4, 0.5) is 5.69 Å². The molecule has 0 radical (unpaired) electrons. The highest BCUT2D eigenvalue weighted by molar-refractivity contribution is 6.05. The van der Waals surface area contributed by atoms with E-state index in [0.29, 0.717) is 22.6 Å². The second-order valence-corrected chi connectivity index (χ2v) is 6.84. The summed E-state index contributed by atoms with van der Waals surface area (Å²) in [7, 11) is 1.84. The lowest BCUT2D eigenvalue weighted by atomic mass is 10.1. The number of hydrogen-bond donors (Lipinski definition) is 1. The maximum absolute atomic E-state index is 12.6. The molecule has 0 aliphatic heterocycles. The fourth-order valence-corrected chi connectivity index (χ4v) is 3.20. The van der Waals surface area contributed by atoms with Crippen molar-refractivity contribution in [3.63, 3.8) is 0 Å². The van der Waals surface area contributed by atoms with Crippen molar-refractivity contribution >= 4 is 22.6 Å². The number of nitrogens with zero attached hydrogens (tertiary/aromatic N) is 4. The van der Waals surface area contributed by atoms with Gasteiger partial charge in [-0.3, -0.25) is 9.48 Å². The third-order valence-corrected chi connectivity index (χ3v) is 4.77. The van der Waals surface area contributed by atoms with Crippen LogP contribution in [-0.4, -0.2) is 20.7 Å². The van der Waals surface area contributed by atoms with E-state index < -0.39 is 0 Å². The van der Waals surface area contributed by atoms with E-state index in [1.807, 2.05) is 38.2 Å². The minimum atomic E-state index is -0.237. The maximum Gasteiger partial charge on any atom is 0.255 e. The minimum absolute atomic E-state index is 0.237. The summed E-state index contributed by atoms with van der Waals surface area (Å²) in [6.45, 7) is 2.19. The average Bonchev–Trinajstić information content (AvgIpc) is 3.05. The van der Waals surface area contributed by atoms with Crippen molar-refractivity contribution < 1.29 is 9.53 Å². The lowest BCUT2D eigenvalue weighted by molar-refractivity contribution is 0.102. The summed E-state index contributed by atoms with van der Waals surface area (Å²) >= 11 is 0. The Morgan fingerprint density at radius 1 is 1.20 bits per heavy atom. The number of nitrogens with one attached hydrogen (secondary N) is 1. The van der Waals surface area contributed by atoms with E-state index in [-0.39, 0.29) is 12.5 Å². The maximum atomic E-state index is 12.6. The predicted molar refractivity (Wildman–Crippen MR) is 113 cm³/mol. The van der Waals surface area contributed by atoms with Gasteiger partial charge in [-0.2, -0.15) is 10.4 Å². The van der Waals surface area contributed by atoms with Crippen LogP contribution in [0.2, 0.25) is 0 Å². The molecule has 0 atom stereocenters. The van der Waals surface area contributed by atoms with Crippen LogP contribution >= 0.6 is 0 Å². The van der Waals surface area contributed by atoms with Crippen molar-refractivity contribution in [1.82, 2.24) is 14.8 Å². The third-order valence-electron chi connectivity index (χ3n) is 4.77. The molecule has 148 valence electrons. The standard InChI is InChI=1S/C23H19N5O2/c1-15-21-11-19(13-25-22(21)28(2)27-15)26-23(29)16-7-9-20(10-8-16)30-14-18-6-4-3-5-17(18)12-24/h3-11,13H,14H2,1-2H3,(H,26,29).